The number of piperidine rings is 1. The summed E-state index contributed by atoms with van der Waals surface area (Å²) in [6, 6.07) is 4.09. The first-order valence-electron chi connectivity index (χ1n) is 6.35. The van der Waals surface area contributed by atoms with E-state index in [1.807, 2.05) is 5.38 Å². The second-order valence-corrected chi connectivity index (χ2v) is 5.84. The SMILES string of the molecule is FC(F)(F)c1ccc2c(C3CCNCC3)csc2c1. The molecule has 1 fully saturated rings. The molecule has 102 valence electrons. The molecule has 0 unspecified atom stereocenters. The van der Waals surface area contributed by atoms with Crippen molar-refractivity contribution >= 4 is 21.4 Å². The summed E-state index contributed by atoms with van der Waals surface area (Å²) >= 11 is 1.42. The Morgan fingerprint density at radius 1 is 1.16 bits per heavy atom. The molecule has 0 amide bonds. The zero-order valence-corrected chi connectivity index (χ0v) is 11.1. The number of hydrogen-bond acceptors (Lipinski definition) is 2. The van der Waals surface area contributed by atoms with E-state index in [1.165, 1.54) is 29.0 Å². The molecule has 0 atom stereocenters. The van der Waals surface area contributed by atoms with Crippen LogP contribution in [-0.2, 0) is 6.18 Å². The van der Waals surface area contributed by atoms with Crippen molar-refractivity contribution < 1.29 is 13.2 Å². The molecule has 1 N–H and O–H groups in total. The average Bonchev–Trinajstić information content (AvgIpc) is 2.81. The van der Waals surface area contributed by atoms with E-state index in [2.05, 4.69) is 5.32 Å². The van der Waals surface area contributed by atoms with Crippen LogP contribution < -0.4 is 5.32 Å². The number of alkyl halides is 3. The van der Waals surface area contributed by atoms with Gasteiger partial charge in [-0.25, -0.2) is 0 Å². The minimum atomic E-state index is -4.26. The van der Waals surface area contributed by atoms with Gasteiger partial charge in [0.2, 0.25) is 0 Å². The van der Waals surface area contributed by atoms with E-state index in [9.17, 15) is 13.2 Å². The van der Waals surface area contributed by atoms with Crippen molar-refractivity contribution in [2.75, 3.05) is 13.1 Å². The molecular formula is C14H14F3NS. The van der Waals surface area contributed by atoms with Gasteiger partial charge >= 0.3 is 6.18 Å². The third-order valence-corrected chi connectivity index (χ3v) is 4.68. The zero-order chi connectivity index (χ0) is 13.5. The third-order valence-electron chi connectivity index (χ3n) is 3.71. The fourth-order valence-electron chi connectivity index (χ4n) is 2.67. The van der Waals surface area contributed by atoms with Crippen LogP contribution in [0.1, 0.15) is 29.9 Å². The zero-order valence-electron chi connectivity index (χ0n) is 10.3. The Morgan fingerprint density at radius 3 is 2.58 bits per heavy atom. The quantitative estimate of drug-likeness (QED) is 0.819. The maximum atomic E-state index is 12.7. The van der Waals surface area contributed by atoms with Gasteiger partial charge in [-0.1, -0.05) is 6.07 Å². The van der Waals surface area contributed by atoms with Crippen LogP contribution in [0.5, 0.6) is 0 Å². The Labute approximate surface area is 113 Å². The second kappa shape index (κ2) is 4.80. The molecule has 1 aromatic carbocycles. The predicted octanol–water partition coefficient (Wildman–Crippen LogP) is 4.39. The van der Waals surface area contributed by atoms with E-state index in [4.69, 9.17) is 0 Å². The van der Waals surface area contributed by atoms with Gasteiger partial charge in [0.05, 0.1) is 5.56 Å². The first kappa shape index (κ1) is 12.9. The van der Waals surface area contributed by atoms with Gasteiger partial charge in [-0.3, -0.25) is 0 Å². The summed E-state index contributed by atoms with van der Waals surface area (Å²) < 4.78 is 38.8. The Hall–Kier alpha value is -1.07. The maximum Gasteiger partial charge on any atom is 0.416 e. The van der Waals surface area contributed by atoms with E-state index in [-0.39, 0.29) is 0 Å². The van der Waals surface area contributed by atoms with Crippen LogP contribution in [0.25, 0.3) is 10.1 Å². The van der Waals surface area contributed by atoms with Crippen molar-refractivity contribution in [2.24, 2.45) is 0 Å². The van der Waals surface area contributed by atoms with Crippen molar-refractivity contribution in [1.82, 2.24) is 5.32 Å². The van der Waals surface area contributed by atoms with Gasteiger partial charge in [0.1, 0.15) is 0 Å². The molecule has 2 aromatic rings. The fourth-order valence-corrected chi connectivity index (χ4v) is 3.76. The topological polar surface area (TPSA) is 12.0 Å². The van der Waals surface area contributed by atoms with Crippen LogP contribution >= 0.6 is 11.3 Å². The summed E-state index contributed by atoms with van der Waals surface area (Å²) in [5.74, 6) is 0.478. The molecule has 0 radical (unpaired) electrons. The maximum absolute atomic E-state index is 12.7. The highest BCUT2D eigenvalue weighted by Crippen LogP contribution is 2.38. The van der Waals surface area contributed by atoms with Crippen LogP contribution in [0.4, 0.5) is 13.2 Å². The monoisotopic (exact) mass is 285 g/mol. The Morgan fingerprint density at radius 2 is 1.89 bits per heavy atom. The molecule has 5 heteroatoms. The summed E-state index contributed by atoms with van der Waals surface area (Å²) in [6.45, 7) is 1.98. The van der Waals surface area contributed by atoms with Crippen LogP contribution in [0.15, 0.2) is 23.6 Å². The Kier molecular flexibility index (Phi) is 3.27. The minimum Gasteiger partial charge on any atom is -0.317 e. The highest BCUT2D eigenvalue weighted by molar-refractivity contribution is 7.17. The largest absolute Gasteiger partial charge is 0.416 e. The molecule has 0 aliphatic carbocycles. The number of halogens is 3. The van der Waals surface area contributed by atoms with Crippen LogP contribution in [-0.4, -0.2) is 13.1 Å². The van der Waals surface area contributed by atoms with Crippen molar-refractivity contribution in [3.8, 4) is 0 Å². The van der Waals surface area contributed by atoms with E-state index in [0.29, 0.717) is 5.92 Å². The van der Waals surface area contributed by atoms with E-state index >= 15 is 0 Å². The van der Waals surface area contributed by atoms with Crippen molar-refractivity contribution in [1.29, 1.82) is 0 Å². The molecule has 0 bridgehead atoms. The molecule has 19 heavy (non-hydrogen) atoms. The summed E-state index contributed by atoms with van der Waals surface area (Å²) in [6.07, 6.45) is -2.13. The van der Waals surface area contributed by atoms with E-state index < -0.39 is 11.7 Å². The summed E-state index contributed by atoms with van der Waals surface area (Å²) in [5.41, 5.74) is 0.661. The standard InChI is InChI=1S/C14H14F3NS/c15-14(16,17)10-1-2-11-12(8-19-13(11)7-10)9-3-5-18-6-4-9/h1-2,7-9,18H,3-6H2. The third kappa shape index (κ3) is 2.49. The summed E-state index contributed by atoms with van der Waals surface area (Å²) in [4.78, 5) is 0. The molecule has 1 saturated heterocycles. The van der Waals surface area contributed by atoms with Crippen molar-refractivity contribution in [3.05, 3.63) is 34.7 Å². The van der Waals surface area contributed by atoms with Gasteiger partial charge in [-0.2, -0.15) is 13.2 Å². The van der Waals surface area contributed by atoms with Gasteiger partial charge in [0.15, 0.2) is 0 Å². The lowest BCUT2D eigenvalue weighted by molar-refractivity contribution is -0.137. The first-order valence-corrected chi connectivity index (χ1v) is 7.23. The normalized spacial score (nSPS) is 18.1. The molecule has 1 aliphatic heterocycles. The predicted molar refractivity (Wildman–Crippen MR) is 71.7 cm³/mol. The van der Waals surface area contributed by atoms with Crippen molar-refractivity contribution in [3.63, 3.8) is 0 Å². The summed E-state index contributed by atoms with van der Waals surface area (Å²) in [7, 11) is 0. The lowest BCUT2D eigenvalue weighted by Gasteiger charge is -2.22. The van der Waals surface area contributed by atoms with Crippen molar-refractivity contribution in [2.45, 2.75) is 24.9 Å². The van der Waals surface area contributed by atoms with Gasteiger partial charge in [0.25, 0.3) is 0 Å². The molecule has 1 aromatic heterocycles. The Balaban J connectivity index is 2.00. The number of fused-ring (bicyclic) bond motifs is 1. The van der Waals surface area contributed by atoms with E-state index in [0.717, 1.165) is 36.0 Å². The average molecular weight is 285 g/mol. The molecular weight excluding hydrogens is 271 g/mol. The van der Waals surface area contributed by atoms with Gasteiger partial charge in [0, 0.05) is 4.70 Å². The van der Waals surface area contributed by atoms with Gasteiger partial charge < -0.3 is 5.32 Å². The molecule has 0 saturated carbocycles. The smallest absolute Gasteiger partial charge is 0.317 e. The first-order chi connectivity index (χ1) is 9.05. The van der Waals surface area contributed by atoms with Crippen LogP contribution in [0.3, 0.4) is 0 Å². The fraction of sp³-hybridized carbons (Fsp3) is 0.429. The number of thiophene rings is 1. The van der Waals surface area contributed by atoms with Crippen LogP contribution in [0, 0.1) is 0 Å². The lowest BCUT2D eigenvalue weighted by Crippen LogP contribution is -2.26. The van der Waals surface area contributed by atoms with Gasteiger partial charge in [-0.05, 0) is 60.3 Å². The number of nitrogens with one attached hydrogen (secondary N) is 1. The highest BCUT2D eigenvalue weighted by Gasteiger charge is 2.31. The summed E-state index contributed by atoms with van der Waals surface area (Å²) in [5, 5.41) is 6.33. The highest BCUT2D eigenvalue weighted by atomic mass is 32.1. The van der Waals surface area contributed by atoms with Gasteiger partial charge in [-0.15, -0.1) is 11.3 Å². The van der Waals surface area contributed by atoms with E-state index in [1.54, 1.807) is 6.07 Å². The molecule has 0 spiro atoms. The number of rotatable bonds is 1. The lowest BCUT2D eigenvalue weighted by atomic mass is 9.90. The number of hydrogen-bond donors (Lipinski definition) is 1. The molecule has 2 heterocycles. The Bertz CT molecular complexity index is 582. The molecule has 1 nitrogen and oxygen atoms in total. The van der Waals surface area contributed by atoms with Crippen LogP contribution in [0.2, 0.25) is 0 Å². The molecule has 1 aliphatic rings. The number of benzene rings is 1. The second-order valence-electron chi connectivity index (χ2n) is 4.92. The molecule has 3 rings (SSSR count). The minimum absolute atomic E-state index is 0.478.